The number of hydrogen-bond acceptors (Lipinski definition) is 7. The number of methoxy groups -OCH3 is 1. The molecule has 2 aromatic heterocycles. The highest BCUT2D eigenvalue weighted by Gasteiger charge is 2.23. The fourth-order valence-electron chi connectivity index (χ4n) is 3.22. The molecule has 0 saturated carbocycles. The van der Waals surface area contributed by atoms with Gasteiger partial charge in [0.25, 0.3) is 0 Å². The van der Waals surface area contributed by atoms with Gasteiger partial charge in [-0.05, 0) is 36.4 Å². The first-order chi connectivity index (χ1) is 13.8. The van der Waals surface area contributed by atoms with Crippen LogP contribution in [0.15, 0.2) is 46.9 Å². The molecule has 3 heterocycles. The van der Waals surface area contributed by atoms with E-state index in [1.807, 2.05) is 29.6 Å². The van der Waals surface area contributed by atoms with Gasteiger partial charge in [0.2, 0.25) is 0 Å². The lowest BCUT2D eigenvalue weighted by Gasteiger charge is -2.14. The zero-order valence-corrected chi connectivity index (χ0v) is 17.2. The van der Waals surface area contributed by atoms with E-state index in [2.05, 4.69) is 14.8 Å². The number of carbonyl (C=O) groups excluding carboxylic acids is 1. The third-order valence-corrected chi connectivity index (χ3v) is 6.44. The van der Waals surface area contributed by atoms with Gasteiger partial charge in [0.05, 0.1) is 36.0 Å². The van der Waals surface area contributed by atoms with Crippen LogP contribution in [0.2, 0.25) is 0 Å². The van der Waals surface area contributed by atoms with Gasteiger partial charge in [0.15, 0.2) is 16.8 Å². The zero-order chi connectivity index (χ0) is 19.3. The minimum atomic E-state index is 0.00629. The average Bonchev–Trinajstić information content (AvgIpc) is 3.49. The Kier molecular flexibility index (Phi) is 6.09. The van der Waals surface area contributed by atoms with Crippen molar-refractivity contribution in [3.63, 3.8) is 0 Å². The third kappa shape index (κ3) is 4.14. The first-order valence-electron chi connectivity index (χ1n) is 9.14. The number of ether oxygens (including phenoxy) is 2. The Labute approximate surface area is 171 Å². The summed E-state index contributed by atoms with van der Waals surface area (Å²) in [6.07, 6.45) is 2.28. The van der Waals surface area contributed by atoms with Crippen LogP contribution in [-0.2, 0) is 11.3 Å². The van der Waals surface area contributed by atoms with E-state index in [1.54, 1.807) is 30.6 Å². The molecular formula is C20H21N3O3S2. The third-order valence-electron chi connectivity index (χ3n) is 4.61. The van der Waals surface area contributed by atoms with Crippen LogP contribution in [-0.4, -0.2) is 46.1 Å². The molecule has 0 spiro atoms. The number of para-hydroxylation sites is 1. The second-order valence-corrected chi connectivity index (χ2v) is 8.33. The molecule has 28 heavy (non-hydrogen) atoms. The Morgan fingerprint density at radius 2 is 2.21 bits per heavy atom. The van der Waals surface area contributed by atoms with Gasteiger partial charge < -0.3 is 9.47 Å². The van der Waals surface area contributed by atoms with Crippen LogP contribution in [0, 0.1) is 0 Å². The number of thioether (sulfide) groups is 1. The van der Waals surface area contributed by atoms with E-state index in [4.69, 9.17) is 9.47 Å². The van der Waals surface area contributed by atoms with Gasteiger partial charge in [0, 0.05) is 6.61 Å². The normalized spacial score (nSPS) is 16.4. The maximum atomic E-state index is 12.7. The Balaban J connectivity index is 1.54. The number of thiophene rings is 1. The van der Waals surface area contributed by atoms with E-state index < -0.39 is 0 Å². The number of rotatable bonds is 8. The maximum Gasteiger partial charge on any atom is 0.192 e. The molecule has 4 rings (SSSR count). The standard InChI is InChI=1S/C20H21N3O3S2/c1-25-17-8-3-2-7-15(17)16(24)13-28-20-22-21-19(18-9-5-11-27-18)23(20)12-14-6-4-10-26-14/h2-3,5,7-9,11,14H,4,6,10,12-13H2,1H3. The number of Topliss-reactive ketones (excluding diaryl/α,β-unsaturated/α-hetero) is 1. The minimum absolute atomic E-state index is 0.00629. The summed E-state index contributed by atoms with van der Waals surface area (Å²) in [4.78, 5) is 13.8. The highest BCUT2D eigenvalue weighted by atomic mass is 32.2. The molecule has 8 heteroatoms. The Morgan fingerprint density at radius 3 is 2.96 bits per heavy atom. The van der Waals surface area contributed by atoms with Crippen LogP contribution >= 0.6 is 23.1 Å². The summed E-state index contributed by atoms with van der Waals surface area (Å²) in [6.45, 7) is 1.50. The van der Waals surface area contributed by atoms with Crippen LogP contribution in [0.3, 0.4) is 0 Å². The molecule has 146 valence electrons. The summed E-state index contributed by atoms with van der Waals surface area (Å²) in [5.74, 6) is 1.70. The van der Waals surface area contributed by atoms with E-state index in [-0.39, 0.29) is 17.6 Å². The Hall–Kier alpha value is -2.16. The number of benzene rings is 1. The molecule has 1 fully saturated rings. The Morgan fingerprint density at radius 1 is 1.32 bits per heavy atom. The Bertz CT molecular complexity index is 934. The molecule has 0 bridgehead atoms. The molecule has 6 nitrogen and oxygen atoms in total. The van der Waals surface area contributed by atoms with Crippen molar-refractivity contribution < 1.29 is 14.3 Å². The van der Waals surface area contributed by atoms with Crippen molar-refractivity contribution in [2.45, 2.75) is 30.6 Å². The zero-order valence-electron chi connectivity index (χ0n) is 15.5. The van der Waals surface area contributed by atoms with E-state index in [0.29, 0.717) is 17.9 Å². The molecule has 3 aromatic rings. The fourth-order valence-corrected chi connectivity index (χ4v) is 4.77. The first-order valence-corrected chi connectivity index (χ1v) is 11.0. The topological polar surface area (TPSA) is 66.2 Å². The van der Waals surface area contributed by atoms with Crippen molar-refractivity contribution >= 4 is 28.9 Å². The SMILES string of the molecule is COc1ccccc1C(=O)CSc1nnc(-c2cccs2)n1CC1CCCO1. The van der Waals surface area contributed by atoms with Crippen LogP contribution in [0.4, 0.5) is 0 Å². The lowest BCUT2D eigenvalue weighted by Crippen LogP contribution is -2.17. The van der Waals surface area contributed by atoms with Gasteiger partial charge in [-0.15, -0.1) is 21.5 Å². The van der Waals surface area contributed by atoms with Crippen molar-refractivity contribution in [2.24, 2.45) is 0 Å². The van der Waals surface area contributed by atoms with Gasteiger partial charge >= 0.3 is 0 Å². The van der Waals surface area contributed by atoms with Crippen molar-refractivity contribution in [3.8, 4) is 16.5 Å². The summed E-state index contributed by atoms with van der Waals surface area (Å²) < 4.78 is 13.2. The largest absolute Gasteiger partial charge is 0.496 e. The predicted octanol–water partition coefficient (Wildman–Crippen LogP) is 4.17. The number of aromatic nitrogens is 3. The number of hydrogen-bond donors (Lipinski definition) is 0. The van der Waals surface area contributed by atoms with Crippen LogP contribution in [0.1, 0.15) is 23.2 Å². The molecule has 0 amide bonds. The highest BCUT2D eigenvalue weighted by molar-refractivity contribution is 7.99. The second-order valence-electron chi connectivity index (χ2n) is 6.44. The first kappa shape index (κ1) is 19.2. The van der Waals surface area contributed by atoms with Crippen molar-refractivity contribution in [2.75, 3.05) is 19.5 Å². The van der Waals surface area contributed by atoms with Gasteiger partial charge in [-0.1, -0.05) is 30.0 Å². The molecule has 1 aromatic carbocycles. The minimum Gasteiger partial charge on any atom is -0.496 e. The number of carbonyl (C=O) groups is 1. The van der Waals surface area contributed by atoms with E-state index in [1.165, 1.54) is 11.8 Å². The molecule has 0 aliphatic carbocycles. The molecule has 1 atom stereocenters. The molecule has 1 aliphatic heterocycles. The molecule has 0 N–H and O–H groups in total. The van der Waals surface area contributed by atoms with Crippen LogP contribution in [0.5, 0.6) is 5.75 Å². The van der Waals surface area contributed by atoms with E-state index >= 15 is 0 Å². The summed E-state index contributed by atoms with van der Waals surface area (Å²) >= 11 is 3.03. The molecule has 1 unspecified atom stereocenters. The summed E-state index contributed by atoms with van der Waals surface area (Å²) in [5.41, 5.74) is 0.584. The summed E-state index contributed by atoms with van der Waals surface area (Å²) in [7, 11) is 1.57. The lowest BCUT2D eigenvalue weighted by molar-refractivity contribution is 0.0953. The van der Waals surface area contributed by atoms with Gasteiger partial charge in [-0.3, -0.25) is 9.36 Å². The smallest absolute Gasteiger partial charge is 0.192 e. The highest BCUT2D eigenvalue weighted by Crippen LogP contribution is 2.30. The molecular weight excluding hydrogens is 394 g/mol. The van der Waals surface area contributed by atoms with Crippen molar-refractivity contribution in [1.82, 2.24) is 14.8 Å². The van der Waals surface area contributed by atoms with Crippen LogP contribution in [0.25, 0.3) is 10.7 Å². The molecule has 1 saturated heterocycles. The molecule has 0 radical (unpaired) electrons. The van der Waals surface area contributed by atoms with Gasteiger partial charge in [0.1, 0.15) is 5.75 Å². The quantitative estimate of drug-likeness (QED) is 0.406. The van der Waals surface area contributed by atoms with Crippen molar-refractivity contribution in [3.05, 3.63) is 47.3 Å². The monoisotopic (exact) mass is 415 g/mol. The molecule has 1 aliphatic rings. The second kappa shape index (κ2) is 8.89. The van der Waals surface area contributed by atoms with E-state index in [9.17, 15) is 4.79 Å². The number of nitrogens with zero attached hydrogens (tertiary/aromatic N) is 3. The van der Waals surface area contributed by atoms with Crippen LogP contribution < -0.4 is 4.74 Å². The fraction of sp³-hybridized carbons (Fsp3) is 0.350. The summed E-state index contributed by atoms with van der Waals surface area (Å²) in [5, 5.41) is 11.5. The van der Waals surface area contributed by atoms with E-state index in [0.717, 1.165) is 35.3 Å². The van der Waals surface area contributed by atoms with Crippen molar-refractivity contribution in [1.29, 1.82) is 0 Å². The predicted molar refractivity (Wildman–Crippen MR) is 110 cm³/mol. The lowest BCUT2D eigenvalue weighted by atomic mass is 10.1. The maximum absolute atomic E-state index is 12.7. The average molecular weight is 416 g/mol. The summed E-state index contributed by atoms with van der Waals surface area (Å²) in [6, 6.07) is 11.3. The van der Waals surface area contributed by atoms with Gasteiger partial charge in [-0.25, -0.2) is 0 Å². The van der Waals surface area contributed by atoms with Gasteiger partial charge in [-0.2, -0.15) is 0 Å². The number of ketones is 1.